The Morgan fingerprint density at radius 2 is 1.89 bits per heavy atom. The molecule has 7 heteroatoms. The molecular weight excluding hydrogens is 374 g/mol. The van der Waals surface area contributed by atoms with E-state index < -0.39 is 17.9 Å². The van der Waals surface area contributed by atoms with Crippen molar-refractivity contribution in [2.24, 2.45) is 0 Å². The van der Waals surface area contributed by atoms with Crippen molar-refractivity contribution in [3.05, 3.63) is 58.6 Å². The van der Waals surface area contributed by atoms with Gasteiger partial charge in [0.15, 0.2) is 5.13 Å². The number of amides is 3. The smallest absolute Gasteiger partial charge is 0.262 e. The van der Waals surface area contributed by atoms with Crippen LogP contribution in [0.3, 0.4) is 0 Å². The van der Waals surface area contributed by atoms with Crippen molar-refractivity contribution >= 4 is 34.2 Å². The number of carbonyl (C=O) groups excluding carboxylic acids is 3. The lowest BCUT2D eigenvalue weighted by molar-refractivity contribution is -0.121. The molecule has 1 aliphatic carbocycles. The van der Waals surface area contributed by atoms with E-state index in [0.29, 0.717) is 16.3 Å². The predicted octanol–water partition coefficient (Wildman–Crippen LogP) is 3.23. The highest BCUT2D eigenvalue weighted by molar-refractivity contribution is 7.16. The van der Waals surface area contributed by atoms with E-state index >= 15 is 0 Å². The van der Waals surface area contributed by atoms with Crippen molar-refractivity contribution in [1.82, 2.24) is 9.88 Å². The van der Waals surface area contributed by atoms with Gasteiger partial charge in [0.2, 0.25) is 0 Å². The Kier molecular flexibility index (Phi) is 4.85. The van der Waals surface area contributed by atoms with Crippen LogP contribution in [-0.2, 0) is 17.6 Å². The van der Waals surface area contributed by atoms with Gasteiger partial charge in [-0.2, -0.15) is 0 Å². The van der Waals surface area contributed by atoms with Gasteiger partial charge in [0.25, 0.3) is 17.7 Å². The Hall–Kier alpha value is -2.80. The van der Waals surface area contributed by atoms with Crippen LogP contribution in [0, 0.1) is 0 Å². The second kappa shape index (κ2) is 7.31. The molecule has 0 spiro atoms. The second-order valence-electron chi connectivity index (χ2n) is 7.01. The van der Waals surface area contributed by atoms with Crippen LogP contribution < -0.4 is 4.90 Å². The summed E-state index contributed by atoms with van der Waals surface area (Å²) in [6.45, 7) is 5.61. The molecule has 144 valence electrons. The number of hydrogen-bond donors (Lipinski definition) is 0. The van der Waals surface area contributed by atoms with Crippen LogP contribution >= 0.6 is 11.3 Å². The number of thiazole rings is 1. The van der Waals surface area contributed by atoms with E-state index in [1.165, 1.54) is 21.1 Å². The first-order valence-corrected chi connectivity index (χ1v) is 10.2. The number of aryl methyl sites for hydroxylation is 2. The van der Waals surface area contributed by atoms with Gasteiger partial charge in [0.05, 0.1) is 16.8 Å². The first-order valence-electron chi connectivity index (χ1n) is 9.40. The largest absolute Gasteiger partial charge is 0.282 e. The van der Waals surface area contributed by atoms with Crippen molar-refractivity contribution in [2.75, 3.05) is 11.4 Å². The molecule has 1 aromatic carbocycles. The molecule has 6 nitrogen and oxygen atoms in total. The molecule has 1 aliphatic heterocycles. The fourth-order valence-electron chi connectivity index (χ4n) is 3.74. The van der Waals surface area contributed by atoms with E-state index in [1.54, 1.807) is 37.3 Å². The molecule has 0 saturated carbocycles. The zero-order valence-electron chi connectivity index (χ0n) is 15.7. The summed E-state index contributed by atoms with van der Waals surface area (Å²) >= 11 is 1.52. The van der Waals surface area contributed by atoms with Crippen molar-refractivity contribution in [3.8, 4) is 0 Å². The summed E-state index contributed by atoms with van der Waals surface area (Å²) in [7, 11) is 0. The van der Waals surface area contributed by atoms with E-state index in [4.69, 9.17) is 0 Å². The standard InChI is InChI=1S/C21H21N3O3S/c1-3-12-23(21-22-16-10-6-7-11-17(16)28-21)18(25)13(2)24-19(26)14-8-4-5-9-15(14)20(24)27/h3-5,8-9,13H,1,6-7,10-12H2,2H3/t13-/m0/s1. The SMILES string of the molecule is C=CCN(C(=O)[C@H](C)N1C(=O)c2ccccc2C1=O)c1nc2c(s1)CCCC2. The molecule has 0 fully saturated rings. The average Bonchev–Trinajstić information content (AvgIpc) is 3.25. The molecular formula is C21H21N3O3S. The van der Waals surface area contributed by atoms with Gasteiger partial charge in [0.1, 0.15) is 6.04 Å². The van der Waals surface area contributed by atoms with Crippen molar-refractivity contribution in [1.29, 1.82) is 0 Å². The van der Waals surface area contributed by atoms with Crippen molar-refractivity contribution in [3.63, 3.8) is 0 Å². The average molecular weight is 395 g/mol. The summed E-state index contributed by atoms with van der Waals surface area (Å²) in [5, 5.41) is 0.611. The molecule has 2 aromatic rings. The molecule has 1 aromatic heterocycles. The molecule has 0 saturated heterocycles. The first kappa shape index (κ1) is 18.6. The quantitative estimate of drug-likeness (QED) is 0.576. The molecule has 0 unspecified atom stereocenters. The van der Waals surface area contributed by atoms with E-state index in [2.05, 4.69) is 11.6 Å². The van der Waals surface area contributed by atoms with E-state index in [1.807, 2.05) is 0 Å². The van der Waals surface area contributed by atoms with Gasteiger partial charge >= 0.3 is 0 Å². The summed E-state index contributed by atoms with van der Waals surface area (Å²) in [5.41, 5.74) is 1.74. The van der Waals surface area contributed by atoms with E-state index in [-0.39, 0.29) is 12.5 Å². The number of carbonyl (C=O) groups is 3. The lowest BCUT2D eigenvalue weighted by Gasteiger charge is -2.27. The molecule has 0 bridgehead atoms. The summed E-state index contributed by atoms with van der Waals surface area (Å²) < 4.78 is 0. The van der Waals surface area contributed by atoms with Gasteiger partial charge < -0.3 is 0 Å². The van der Waals surface area contributed by atoms with Crippen LogP contribution in [0.4, 0.5) is 5.13 Å². The van der Waals surface area contributed by atoms with Crippen LogP contribution in [-0.4, -0.2) is 40.2 Å². The molecule has 3 amide bonds. The minimum absolute atomic E-state index is 0.277. The Morgan fingerprint density at radius 1 is 1.25 bits per heavy atom. The zero-order chi connectivity index (χ0) is 19.8. The Balaban J connectivity index is 1.63. The van der Waals surface area contributed by atoms with Gasteiger partial charge in [-0.05, 0) is 44.7 Å². The van der Waals surface area contributed by atoms with Crippen LogP contribution in [0.15, 0.2) is 36.9 Å². The normalized spacial score (nSPS) is 16.5. The van der Waals surface area contributed by atoms with Gasteiger partial charge in [-0.3, -0.25) is 24.2 Å². The Bertz CT molecular complexity index is 923. The zero-order valence-corrected chi connectivity index (χ0v) is 16.5. The van der Waals surface area contributed by atoms with E-state index in [0.717, 1.165) is 36.3 Å². The molecule has 4 rings (SSSR count). The van der Waals surface area contributed by atoms with Gasteiger partial charge in [-0.25, -0.2) is 4.98 Å². The minimum Gasteiger partial charge on any atom is -0.282 e. The number of benzene rings is 1. The summed E-state index contributed by atoms with van der Waals surface area (Å²) in [4.78, 5) is 47.2. The number of fused-ring (bicyclic) bond motifs is 2. The van der Waals surface area contributed by atoms with Crippen LogP contribution in [0.2, 0.25) is 0 Å². The summed E-state index contributed by atoms with van der Waals surface area (Å²) in [5.74, 6) is -1.20. The summed E-state index contributed by atoms with van der Waals surface area (Å²) in [6.07, 6.45) is 5.78. The highest BCUT2D eigenvalue weighted by Gasteiger charge is 2.42. The second-order valence-corrected chi connectivity index (χ2v) is 8.07. The predicted molar refractivity (Wildman–Crippen MR) is 108 cm³/mol. The molecule has 28 heavy (non-hydrogen) atoms. The van der Waals surface area contributed by atoms with Crippen molar-refractivity contribution in [2.45, 2.75) is 38.6 Å². The maximum Gasteiger partial charge on any atom is 0.262 e. The molecule has 2 heterocycles. The maximum atomic E-state index is 13.3. The Labute approximate surface area is 167 Å². The first-order chi connectivity index (χ1) is 13.5. The third-order valence-electron chi connectivity index (χ3n) is 5.21. The topological polar surface area (TPSA) is 70.6 Å². The number of nitrogens with zero attached hydrogens (tertiary/aromatic N) is 3. The number of anilines is 1. The van der Waals surface area contributed by atoms with Gasteiger partial charge in [-0.1, -0.05) is 18.2 Å². The minimum atomic E-state index is -0.923. The number of hydrogen-bond acceptors (Lipinski definition) is 5. The number of aromatic nitrogens is 1. The summed E-state index contributed by atoms with van der Waals surface area (Å²) in [6, 6.07) is 5.73. The molecule has 0 N–H and O–H groups in total. The lowest BCUT2D eigenvalue weighted by atomic mass is 10.0. The number of rotatable bonds is 5. The van der Waals surface area contributed by atoms with Gasteiger partial charge in [-0.15, -0.1) is 17.9 Å². The molecule has 2 aliphatic rings. The highest BCUT2D eigenvalue weighted by atomic mass is 32.1. The van der Waals surface area contributed by atoms with Gasteiger partial charge in [0, 0.05) is 11.4 Å². The fraction of sp³-hybridized carbons (Fsp3) is 0.333. The molecule has 1 atom stereocenters. The Morgan fingerprint density at radius 3 is 2.50 bits per heavy atom. The maximum absolute atomic E-state index is 13.3. The number of imide groups is 1. The third-order valence-corrected chi connectivity index (χ3v) is 6.39. The lowest BCUT2D eigenvalue weighted by Crippen LogP contribution is -2.49. The highest BCUT2D eigenvalue weighted by Crippen LogP contribution is 2.33. The fourth-order valence-corrected chi connectivity index (χ4v) is 4.90. The van der Waals surface area contributed by atoms with Crippen LogP contribution in [0.5, 0.6) is 0 Å². The monoisotopic (exact) mass is 395 g/mol. The van der Waals surface area contributed by atoms with Crippen LogP contribution in [0.25, 0.3) is 0 Å². The van der Waals surface area contributed by atoms with Crippen LogP contribution in [0.1, 0.15) is 51.1 Å². The third kappa shape index (κ3) is 2.96. The van der Waals surface area contributed by atoms with E-state index in [9.17, 15) is 14.4 Å². The van der Waals surface area contributed by atoms with Crippen molar-refractivity contribution < 1.29 is 14.4 Å². The molecule has 0 radical (unpaired) electrons.